The fourth-order valence-electron chi connectivity index (χ4n) is 6.33. The summed E-state index contributed by atoms with van der Waals surface area (Å²) in [5, 5.41) is 105. The standard InChI is InChI=1S/C26H41NO28S2/c1-5(30)27-9-10(31)16(50-25-14(35)11(32)12(33)20(53-25)22(37)38)8(4-47-56(41,42)43)49-24(9)52-19-13(34)15(36)26(54-21(19)23(39)40)51-17-6(2-28)48-7(3-29)18(17)55-57(44,45)46/h6-21,24-26,28-29,31-36H,2-4H2,1H3,(H,27,30)(H,37,38)(H,39,40)(H,41,42,43)(H,44,45,46)/t6-,7-,8-,9-,10-,11+,12+,13-,14-,15-,16-,17-,18-,19+,20-,21+,24+,25-,26-/m1/s1. The summed E-state index contributed by atoms with van der Waals surface area (Å²) in [4.78, 5) is 36.3. The third kappa shape index (κ3) is 11.2. The van der Waals surface area contributed by atoms with Crippen molar-refractivity contribution in [3.8, 4) is 0 Å². The van der Waals surface area contributed by atoms with Gasteiger partial charge in [-0.25, -0.2) is 18.0 Å². The van der Waals surface area contributed by atoms with Crippen molar-refractivity contribution in [2.45, 2.75) is 123 Å². The third-order valence-corrected chi connectivity index (χ3v) is 9.80. The molecular formula is C26H41NO28S2. The van der Waals surface area contributed by atoms with E-state index in [9.17, 15) is 91.4 Å². The normalized spacial score (nSPS) is 43.0. The fraction of sp³-hybridized carbons (Fsp3) is 0.885. The zero-order chi connectivity index (χ0) is 42.9. The number of hydrogen-bond donors (Lipinski definition) is 13. The molecule has 4 aliphatic heterocycles. The molecule has 31 heteroatoms. The second-order valence-corrected chi connectivity index (χ2v) is 15.0. The van der Waals surface area contributed by atoms with Crippen LogP contribution in [-0.2, 0) is 76.7 Å². The van der Waals surface area contributed by atoms with Crippen LogP contribution in [0.25, 0.3) is 0 Å². The number of nitrogens with one attached hydrogen (secondary N) is 1. The lowest BCUT2D eigenvalue weighted by molar-refractivity contribution is -0.364. The summed E-state index contributed by atoms with van der Waals surface area (Å²) in [6.45, 7) is -2.41. The molecule has 0 saturated carbocycles. The molecule has 19 atom stereocenters. The molecule has 29 nitrogen and oxygen atoms in total. The Morgan fingerprint density at radius 1 is 0.579 bits per heavy atom. The molecule has 0 aromatic carbocycles. The number of amides is 1. The molecule has 0 aromatic heterocycles. The van der Waals surface area contributed by atoms with Gasteiger partial charge in [0, 0.05) is 6.92 Å². The number of carbonyl (C=O) groups excluding carboxylic acids is 1. The van der Waals surface area contributed by atoms with Gasteiger partial charge in [-0.15, -0.1) is 0 Å². The Hall–Kier alpha value is -2.45. The van der Waals surface area contributed by atoms with Gasteiger partial charge in [0.05, 0.1) is 19.8 Å². The van der Waals surface area contributed by atoms with Gasteiger partial charge in [-0.2, -0.15) is 16.8 Å². The average molecular weight is 880 g/mol. The van der Waals surface area contributed by atoms with E-state index in [1.807, 2.05) is 0 Å². The van der Waals surface area contributed by atoms with Crippen LogP contribution in [0.2, 0.25) is 0 Å². The van der Waals surface area contributed by atoms with Crippen LogP contribution >= 0.6 is 0 Å². The summed E-state index contributed by atoms with van der Waals surface area (Å²) in [6, 6.07) is -1.98. The molecule has 4 heterocycles. The number of carboxylic acid groups (broad SMARTS) is 2. The first kappa shape index (κ1) is 47.2. The van der Waals surface area contributed by atoms with E-state index in [0.717, 1.165) is 6.92 Å². The minimum Gasteiger partial charge on any atom is -0.479 e. The highest BCUT2D eigenvalue weighted by molar-refractivity contribution is 7.81. The molecule has 0 radical (unpaired) electrons. The maximum Gasteiger partial charge on any atom is 0.397 e. The van der Waals surface area contributed by atoms with Gasteiger partial charge in [-0.1, -0.05) is 0 Å². The van der Waals surface area contributed by atoms with Gasteiger partial charge in [0.1, 0.15) is 85.4 Å². The quantitative estimate of drug-likeness (QED) is 0.0640. The maximum atomic E-state index is 12.4. The molecule has 1 amide bonds. The van der Waals surface area contributed by atoms with Gasteiger partial charge in [-0.05, 0) is 0 Å². The third-order valence-electron chi connectivity index (χ3n) is 8.90. The largest absolute Gasteiger partial charge is 0.479 e. The lowest BCUT2D eigenvalue weighted by Crippen LogP contribution is -2.70. The number of aliphatic hydroxyl groups excluding tert-OH is 8. The molecule has 330 valence electrons. The smallest absolute Gasteiger partial charge is 0.397 e. The van der Waals surface area contributed by atoms with E-state index in [2.05, 4.69) is 13.7 Å². The molecule has 13 N–H and O–H groups in total. The van der Waals surface area contributed by atoms with E-state index in [4.69, 9.17) is 33.2 Å². The van der Waals surface area contributed by atoms with Gasteiger partial charge in [0.2, 0.25) is 5.91 Å². The minimum absolute atomic E-state index is 0.882. The Balaban J connectivity index is 1.64. The molecule has 4 saturated heterocycles. The van der Waals surface area contributed by atoms with E-state index in [1.165, 1.54) is 0 Å². The zero-order valence-electron chi connectivity index (χ0n) is 28.8. The molecular weight excluding hydrogens is 838 g/mol. The number of aliphatic carboxylic acids is 2. The van der Waals surface area contributed by atoms with Crippen LogP contribution in [0, 0.1) is 0 Å². The highest BCUT2D eigenvalue weighted by Gasteiger charge is 2.58. The van der Waals surface area contributed by atoms with Crippen LogP contribution in [0.1, 0.15) is 6.92 Å². The molecule has 4 rings (SSSR count). The fourth-order valence-corrected chi connectivity index (χ4v) is 7.15. The van der Waals surface area contributed by atoms with Crippen molar-refractivity contribution in [3.05, 3.63) is 0 Å². The van der Waals surface area contributed by atoms with Crippen molar-refractivity contribution < 1.29 is 133 Å². The predicted octanol–water partition coefficient (Wildman–Crippen LogP) is -9.08. The van der Waals surface area contributed by atoms with E-state index in [1.54, 1.807) is 0 Å². The molecule has 0 bridgehead atoms. The predicted molar refractivity (Wildman–Crippen MR) is 166 cm³/mol. The summed E-state index contributed by atoms with van der Waals surface area (Å²) >= 11 is 0. The number of carbonyl (C=O) groups is 3. The highest BCUT2D eigenvalue weighted by Crippen LogP contribution is 2.35. The zero-order valence-corrected chi connectivity index (χ0v) is 30.4. The lowest BCUT2D eigenvalue weighted by Gasteiger charge is -2.49. The molecule has 0 aromatic rings. The molecule has 0 aliphatic carbocycles. The average Bonchev–Trinajstić information content (AvgIpc) is 3.43. The van der Waals surface area contributed by atoms with Gasteiger partial charge in [0.15, 0.2) is 31.1 Å². The van der Waals surface area contributed by atoms with Crippen molar-refractivity contribution >= 4 is 38.6 Å². The summed E-state index contributed by atoms with van der Waals surface area (Å²) in [5.74, 6) is -4.82. The molecule has 0 unspecified atom stereocenters. The second kappa shape index (κ2) is 18.9. The Morgan fingerprint density at radius 2 is 1.09 bits per heavy atom. The summed E-state index contributed by atoms with van der Waals surface area (Å²) in [6.07, 6.45) is -38.8. The molecule has 0 spiro atoms. The molecule has 4 fully saturated rings. The monoisotopic (exact) mass is 879 g/mol. The topological polar surface area (TPSA) is 457 Å². The number of carboxylic acids is 2. The number of ether oxygens (including phenoxy) is 7. The maximum absolute atomic E-state index is 12.4. The van der Waals surface area contributed by atoms with E-state index >= 15 is 0 Å². The summed E-state index contributed by atoms with van der Waals surface area (Å²) in [5.41, 5.74) is 0. The Kier molecular flexibility index (Phi) is 15.6. The first-order valence-electron chi connectivity index (χ1n) is 16.3. The Bertz CT molecular complexity index is 1630. The second-order valence-electron chi connectivity index (χ2n) is 12.8. The Morgan fingerprint density at radius 3 is 1.60 bits per heavy atom. The van der Waals surface area contributed by atoms with Crippen LogP contribution in [0.15, 0.2) is 0 Å². The minimum atomic E-state index is -5.34. The van der Waals surface area contributed by atoms with Crippen molar-refractivity contribution in [1.29, 1.82) is 0 Å². The van der Waals surface area contributed by atoms with Crippen LogP contribution in [0.5, 0.6) is 0 Å². The van der Waals surface area contributed by atoms with Gasteiger partial charge >= 0.3 is 32.7 Å². The first-order chi connectivity index (χ1) is 26.4. The SMILES string of the molecule is CC(=O)N[C@H]1[C@H](O[C@H]2[C@H](O)[C@@H](O)[C@H](O[C@H]3[C@H](OS(=O)(=O)O)[C@@H](CO)O[C@@H]3CO)O[C@@H]2C(=O)O)O[C@H](COS(=O)(=O)O)[C@@H](O[C@@H]2O[C@@H](C(=O)O)[C@@H](O)[C@H](O)[C@H]2O)[C@@H]1O. The van der Waals surface area contributed by atoms with Crippen LogP contribution in [0.3, 0.4) is 0 Å². The number of hydrogen-bond acceptors (Lipinski definition) is 24. The summed E-state index contributed by atoms with van der Waals surface area (Å²) < 4.78 is 111. The summed E-state index contributed by atoms with van der Waals surface area (Å²) in [7, 11) is -10.6. The lowest BCUT2D eigenvalue weighted by atomic mass is 9.94. The van der Waals surface area contributed by atoms with Gasteiger partial charge < -0.3 is 89.5 Å². The van der Waals surface area contributed by atoms with Gasteiger partial charge in [-0.3, -0.25) is 13.9 Å². The molecule has 57 heavy (non-hydrogen) atoms. The van der Waals surface area contributed by atoms with E-state index in [0.29, 0.717) is 0 Å². The van der Waals surface area contributed by atoms with Crippen molar-refractivity contribution in [3.63, 3.8) is 0 Å². The van der Waals surface area contributed by atoms with E-state index < -0.39 is 175 Å². The van der Waals surface area contributed by atoms with Crippen molar-refractivity contribution in [2.75, 3.05) is 19.8 Å². The molecule has 4 aliphatic rings. The van der Waals surface area contributed by atoms with Crippen LogP contribution < -0.4 is 5.32 Å². The number of rotatable bonds is 16. The van der Waals surface area contributed by atoms with Gasteiger partial charge in [0.25, 0.3) is 0 Å². The van der Waals surface area contributed by atoms with Crippen LogP contribution in [-0.4, -0.2) is 231 Å². The highest BCUT2D eigenvalue weighted by atomic mass is 32.3. The Labute approximate surface area is 320 Å². The van der Waals surface area contributed by atoms with Crippen LogP contribution in [0.4, 0.5) is 0 Å². The van der Waals surface area contributed by atoms with Crippen molar-refractivity contribution in [2.24, 2.45) is 0 Å². The van der Waals surface area contributed by atoms with E-state index in [-0.39, 0.29) is 0 Å². The number of aliphatic hydroxyl groups is 8. The van der Waals surface area contributed by atoms with Crippen molar-refractivity contribution in [1.82, 2.24) is 5.32 Å². The first-order valence-corrected chi connectivity index (χ1v) is 19.0.